The number of nitrogens with zero attached hydrogens (tertiary/aromatic N) is 1. The standard InChI is InChI=1S/C16H18N2O2S/c1-2-18-9-5-7-14(18)16(20)17-12-15-13(8-11-21-15)6-3-4-10-19/h5,7-9,11,19H,2,4,10,12H2,1H3,(H,17,20). The summed E-state index contributed by atoms with van der Waals surface area (Å²) in [6.45, 7) is 3.31. The van der Waals surface area contributed by atoms with E-state index in [1.165, 1.54) is 0 Å². The fourth-order valence-electron chi connectivity index (χ4n) is 1.95. The van der Waals surface area contributed by atoms with Crippen LogP contribution in [0.1, 0.15) is 34.3 Å². The van der Waals surface area contributed by atoms with Gasteiger partial charge in [0.25, 0.3) is 5.91 Å². The summed E-state index contributed by atoms with van der Waals surface area (Å²) in [5, 5.41) is 13.6. The molecule has 2 aromatic heterocycles. The van der Waals surface area contributed by atoms with Crippen molar-refractivity contribution in [3.8, 4) is 11.8 Å². The molecule has 0 aliphatic rings. The van der Waals surface area contributed by atoms with Crippen molar-refractivity contribution in [2.24, 2.45) is 0 Å². The van der Waals surface area contributed by atoms with Gasteiger partial charge in [0.15, 0.2) is 0 Å². The Morgan fingerprint density at radius 2 is 2.33 bits per heavy atom. The molecule has 0 aliphatic carbocycles. The average molecular weight is 302 g/mol. The van der Waals surface area contributed by atoms with Crippen LogP contribution in [-0.2, 0) is 13.1 Å². The first-order valence-corrected chi connectivity index (χ1v) is 7.73. The van der Waals surface area contributed by atoms with E-state index in [1.807, 2.05) is 41.3 Å². The van der Waals surface area contributed by atoms with Gasteiger partial charge in [0.2, 0.25) is 0 Å². The molecule has 110 valence electrons. The second kappa shape index (κ2) is 7.67. The Labute approximate surface area is 128 Å². The number of carbonyl (C=O) groups excluding carboxylic acids is 1. The molecular weight excluding hydrogens is 284 g/mol. The molecule has 2 aromatic rings. The molecule has 4 nitrogen and oxygen atoms in total. The summed E-state index contributed by atoms with van der Waals surface area (Å²) in [4.78, 5) is 13.2. The highest BCUT2D eigenvalue weighted by molar-refractivity contribution is 7.10. The summed E-state index contributed by atoms with van der Waals surface area (Å²) in [5.41, 5.74) is 1.58. The molecule has 0 fully saturated rings. The van der Waals surface area contributed by atoms with Crippen LogP contribution in [-0.4, -0.2) is 22.2 Å². The van der Waals surface area contributed by atoms with Gasteiger partial charge in [-0.15, -0.1) is 11.3 Å². The molecule has 2 rings (SSSR count). The zero-order valence-corrected chi connectivity index (χ0v) is 12.7. The third-order valence-corrected chi connectivity index (χ3v) is 3.94. The van der Waals surface area contributed by atoms with Crippen molar-refractivity contribution in [3.63, 3.8) is 0 Å². The molecule has 0 saturated heterocycles. The first-order chi connectivity index (χ1) is 10.3. The van der Waals surface area contributed by atoms with Crippen molar-refractivity contribution in [2.45, 2.75) is 26.4 Å². The molecule has 0 atom stereocenters. The summed E-state index contributed by atoms with van der Waals surface area (Å²) in [5.74, 6) is 5.84. The summed E-state index contributed by atoms with van der Waals surface area (Å²) in [6.07, 6.45) is 2.36. The molecule has 0 radical (unpaired) electrons. The number of nitrogens with one attached hydrogen (secondary N) is 1. The van der Waals surface area contributed by atoms with Gasteiger partial charge in [-0.05, 0) is 30.5 Å². The maximum absolute atomic E-state index is 12.2. The molecule has 5 heteroatoms. The van der Waals surface area contributed by atoms with Crippen LogP contribution in [0.2, 0.25) is 0 Å². The third-order valence-electron chi connectivity index (χ3n) is 3.02. The van der Waals surface area contributed by atoms with E-state index in [0.717, 1.165) is 17.0 Å². The van der Waals surface area contributed by atoms with E-state index in [0.29, 0.717) is 18.7 Å². The van der Waals surface area contributed by atoms with Crippen molar-refractivity contribution in [2.75, 3.05) is 6.61 Å². The minimum atomic E-state index is -0.0792. The van der Waals surface area contributed by atoms with Crippen LogP contribution in [0.5, 0.6) is 0 Å². The maximum atomic E-state index is 12.2. The quantitative estimate of drug-likeness (QED) is 0.832. The summed E-state index contributed by atoms with van der Waals surface area (Å²) >= 11 is 1.57. The Morgan fingerprint density at radius 1 is 1.48 bits per heavy atom. The Bertz CT molecular complexity index is 661. The largest absolute Gasteiger partial charge is 0.395 e. The average Bonchev–Trinajstić information content (AvgIpc) is 3.13. The zero-order chi connectivity index (χ0) is 15.1. The van der Waals surface area contributed by atoms with E-state index in [2.05, 4.69) is 17.2 Å². The number of aromatic nitrogens is 1. The molecule has 0 unspecified atom stereocenters. The predicted molar refractivity (Wildman–Crippen MR) is 84.2 cm³/mol. The Kier molecular flexibility index (Phi) is 5.61. The van der Waals surface area contributed by atoms with Crippen molar-refractivity contribution < 1.29 is 9.90 Å². The van der Waals surface area contributed by atoms with E-state index >= 15 is 0 Å². The van der Waals surface area contributed by atoms with Crippen LogP contribution in [0, 0.1) is 11.8 Å². The third kappa shape index (κ3) is 3.97. The highest BCUT2D eigenvalue weighted by atomic mass is 32.1. The van der Waals surface area contributed by atoms with Crippen molar-refractivity contribution in [1.29, 1.82) is 0 Å². The predicted octanol–water partition coefficient (Wildman–Crippen LogP) is 2.23. The lowest BCUT2D eigenvalue weighted by atomic mass is 10.2. The molecular formula is C16H18N2O2S. The van der Waals surface area contributed by atoms with E-state index in [-0.39, 0.29) is 12.5 Å². The number of hydrogen-bond acceptors (Lipinski definition) is 3. The lowest BCUT2D eigenvalue weighted by Gasteiger charge is -2.07. The zero-order valence-electron chi connectivity index (χ0n) is 11.9. The first kappa shape index (κ1) is 15.4. The van der Waals surface area contributed by atoms with E-state index in [1.54, 1.807) is 11.3 Å². The number of hydrogen-bond donors (Lipinski definition) is 2. The van der Waals surface area contributed by atoms with E-state index in [4.69, 9.17) is 5.11 Å². The summed E-state index contributed by atoms with van der Waals surface area (Å²) in [6, 6.07) is 5.62. The van der Waals surface area contributed by atoms with Gasteiger partial charge < -0.3 is 15.0 Å². The topological polar surface area (TPSA) is 54.3 Å². The molecule has 0 aliphatic heterocycles. The van der Waals surface area contributed by atoms with Crippen LogP contribution < -0.4 is 5.32 Å². The first-order valence-electron chi connectivity index (χ1n) is 6.85. The maximum Gasteiger partial charge on any atom is 0.268 e. The Balaban J connectivity index is 1.99. The second-order valence-corrected chi connectivity index (χ2v) is 5.40. The smallest absolute Gasteiger partial charge is 0.268 e. The fourth-order valence-corrected chi connectivity index (χ4v) is 2.72. The normalized spacial score (nSPS) is 10.0. The number of amides is 1. The van der Waals surface area contributed by atoms with Crippen LogP contribution in [0.25, 0.3) is 0 Å². The molecule has 0 saturated carbocycles. The van der Waals surface area contributed by atoms with Gasteiger partial charge in [-0.25, -0.2) is 0 Å². The highest BCUT2D eigenvalue weighted by Crippen LogP contribution is 2.15. The van der Waals surface area contributed by atoms with Gasteiger partial charge >= 0.3 is 0 Å². The second-order valence-electron chi connectivity index (χ2n) is 4.39. The van der Waals surface area contributed by atoms with Crippen molar-refractivity contribution in [3.05, 3.63) is 45.9 Å². The molecule has 1 amide bonds. The molecule has 0 aromatic carbocycles. The van der Waals surface area contributed by atoms with Crippen LogP contribution in [0.3, 0.4) is 0 Å². The van der Waals surface area contributed by atoms with Crippen LogP contribution in [0.4, 0.5) is 0 Å². The number of carbonyl (C=O) groups is 1. The molecule has 0 spiro atoms. The Morgan fingerprint density at radius 3 is 3.10 bits per heavy atom. The number of aliphatic hydroxyl groups excluding tert-OH is 1. The number of rotatable bonds is 5. The van der Waals surface area contributed by atoms with Gasteiger partial charge in [0, 0.05) is 29.6 Å². The minimum absolute atomic E-state index is 0.0667. The monoisotopic (exact) mass is 302 g/mol. The van der Waals surface area contributed by atoms with Gasteiger partial charge in [-0.1, -0.05) is 11.8 Å². The summed E-state index contributed by atoms with van der Waals surface area (Å²) in [7, 11) is 0. The van der Waals surface area contributed by atoms with Gasteiger partial charge in [-0.2, -0.15) is 0 Å². The molecule has 0 bridgehead atoms. The lowest BCUT2D eigenvalue weighted by molar-refractivity contribution is 0.0942. The number of thiophene rings is 1. The molecule has 2 N–H and O–H groups in total. The van der Waals surface area contributed by atoms with Crippen LogP contribution in [0.15, 0.2) is 29.8 Å². The highest BCUT2D eigenvalue weighted by Gasteiger charge is 2.10. The van der Waals surface area contributed by atoms with Gasteiger partial charge in [0.1, 0.15) is 5.69 Å². The molecule has 2 heterocycles. The van der Waals surface area contributed by atoms with E-state index < -0.39 is 0 Å². The van der Waals surface area contributed by atoms with Crippen molar-refractivity contribution >= 4 is 17.2 Å². The number of aryl methyl sites for hydroxylation is 1. The van der Waals surface area contributed by atoms with Gasteiger partial charge in [0.05, 0.1) is 13.2 Å². The number of aliphatic hydroxyl groups is 1. The summed E-state index contributed by atoms with van der Waals surface area (Å²) < 4.78 is 1.91. The minimum Gasteiger partial charge on any atom is -0.395 e. The van der Waals surface area contributed by atoms with E-state index in [9.17, 15) is 4.79 Å². The van der Waals surface area contributed by atoms with Crippen LogP contribution >= 0.6 is 11.3 Å². The SMILES string of the molecule is CCn1cccc1C(=O)NCc1sccc1C#CCCO. The lowest BCUT2D eigenvalue weighted by Crippen LogP contribution is -2.25. The Hall–Kier alpha value is -2.03. The van der Waals surface area contributed by atoms with Crippen molar-refractivity contribution in [1.82, 2.24) is 9.88 Å². The molecule has 21 heavy (non-hydrogen) atoms. The fraction of sp³-hybridized carbons (Fsp3) is 0.312. The van der Waals surface area contributed by atoms with Gasteiger partial charge in [-0.3, -0.25) is 4.79 Å².